The molecule has 0 fully saturated rings. The third-order valence-corrected chi connectivity index (χ3v) is 3.81. The number of carbonyl (C=O) groups excluding carboxylic acids is 1. The van der Waals surface area contributed by atoms with Crippen molar-refractivity contribution >= 4 is 38.6 Å². The van der Waals surface area contributed by atoms with Gasteiger partial charge in [0.1, 0.15) is 17.2 Å². The van der Waals surface area contributed by atoms with Gasteiger partial charge in [-0.05, 0) is 24.3 Å². The van der Waals surface area contributed by atoms with Crippen LogP contribution in [0.5, 0.6) is 5.75 Å². The lowest BCUT2D eigenvalue weighted by Gasteiger charge is -2.02. The summed E-state index contributed by atoms with van der Waals surface area (Å²) in [5.74, 6) is 1.10. The van der Waals surface area contributed by atoms with Crippen LogP contribution in [0, 0.1) is 0 Å². The van der Waals surface area contributed by atoms with Gasteiger partial charge >= 0.3 is 0 Å². The van der Waals surface area contributed by atoms with Crippen LogP contribution in [0.1, 0.15) is 16.1 Å². The van der Waals surface area contributed by atoms with Crippen LogP contribution in [0.15, 0.2) is 47.0 Å². The molecule has 1 N–H and O–H groups in total. The minimum Gasteiger partial charge on any atom is -0.497 e. The van der Waals surface area contributed by atoms with Gasteiger partial charge in [0.15, 0.2) is 5.76 Å². The van der Waals surface area contributed by atoms with Gasteiger partial charge in [-0.15, -0.1) is 0 Å². The number of aromatic nitrogens is 1. The molecule has 0 unspecified atom stereocenters. The fraction of sp³-hybridized carbons (Fsp3) is 0.125. The highest BCUT2D eigenvalue weighted by atomic mass is 79.9. The van der Waals surface area contributed by atoms with Crippen molar-refractivity contribution in [2.75, 3.05) is 12.4 Å². The molecule has 3 aromatic rings. The highest BCUT2D eigenvalue weighted by molar-refractivity contribution is 9.08. The number of carbonyl (C=O) groups is 1. The molecular formula is C16H13BrN2O3. The van der Waals surface area contributed by atoms with E-state index >= 15 is 0 Å². The fourth-order valence-corrected chi connectivity index (χ4v) is 2.74. The maximum absolute atomic E-state index is 12.4. The van der Waals surface area contributed by atoms with Crippen molar-refractivity contribution < 1.29 is 13.9 Å². The molecule has 3 rings (SSSR count). The van der Waals surface area contributed by atoms with Gasteiger partial charge in [0, 0.05) is 28.5 Å². The van der Waals surface area contributed by atoms with Gasteiger partial charge in [0.2, 0.25) is 0 Å². The number of halogens is 1. The molecule has 0 radical (unpaired) electrons. The number of alkyl halides is 1. The molecule has 1 aromatic carbocycles. The van der Waals surface area contributed by atoms with E-state index < -0.39 is 0 Å². The quantitative estimate of drug-likeness (QED) is 0.714. The second-order valence-electron chi connectivity index (χ2n) is 4.57. The van der Waals surface area contributed by atoms with E-state index in [4.69, 9.17) is 9.15 Å². The molecule has 1 amide bonds. The Balaban J connectivity index is 2.00. The number of nitrogens with one attached hydrogen (secondary N) is 1. The van der Waals surface area contributed by atoms with Gasteiger partial charge in [0.25, 0.3) is 5.91 Å². The Morgan fingerprint density at radius 2 is 2.23 bits per heavy atom. The first-order valence-corrected chi connectivity index (χ1v) is 7.73. The van der Waals surface area contributed by atoms with Gasteiger partial charge in [-0.3, -0.25) is 4.79 Å². The zero-order chi connectivity index (χ0) is 15.5. The van der Waals surface area contributed by atoms with Crippen molar-refractivity contribution in [3.8, 4) is 5.75 Å². The Bertz CT molecular complexity index is 815. The highest BCUT2D eigenvalue weighted by Crippen LogP contribution is 2.31. The van der Waals surface area contributed by atoms with Crippen LogP contribution in [0.4, 0.5) is 5.82 Å². The van der Waals surface area contributed by atoms with Crippen LogP contribution in [0.2, 0.25) is 0 Å². The van der Waals surface area contributed by atoms with E-state index in [9.17, 15) is 4.79 Å². The number of benzene rings is 1. The summed E-state index contributed by atoms with van der Waals surface area (Å²) < 4.78 is 10.9. The molecule has 0 saturated carbocycles. The zero-order valence-corrected chi connectivity index (χ0v) is 13.4. The van der Waals surface area contributed by atoms with Gasteiger partial charge in [0.05, 0.1) is 7.11 Å². The van der Waals surface area contributed by atoms with Crippen molar-refractivity contribution in [1.29, 1.82) is 0 Å². The van der Waals surface area contributed by atoms with E-state index in [-0.39, 0.29) is 11.7 Å². The molecule has 5 nitrogen and oxygen atoms in total. The first kappa shape index (κ1) is 14.6. The number of rotatable bonds is 4. The maximum atomic E-state index is 12.4. The third-order valence-electron chi connectivity index (χ3n) is 3.25. The van der Waals surface area contributed by atoms with E-state index in [1.807, 2.05) is 12.1 Å². The van der Waals surface area contributed by atoms with E-state index in [2.05, 4.69) is 26.2 Å². The number of methoxy groups -OCH3 is 1. The van der Waals surface area contributed by atoms with Crippen LogP contribution in [0.25, 0.3) is 11.0 Å². The Labute approximate surface area is 135 Å². The summed E-state index contributed by atoms with van der Waals surface area (Å²) >= 11 is 3.41. The van der Waals surface area contributed by atoms with Crippen molar-refractivity contribution in [3.05, 3.63) is 53.9 Å². The molecule has 0 atom stereocenters. The first-order valence-electron chi connectivity index (χ1n) is 6.60. The molecule has 112 valence electrons. The summed E-state index contributed by atoms with van der Waals surface area (Å²) in [6.45, 7) is 0. The summed E-state index contributed by atoms with van der Waals surface area (Å²) in [5.41, 5.74) is 1.41. The Morgan fingerprint density at radius 1 is 1.36 bits per heavy atom. The minimum absolute atomic E-state index is 0.269. The van der Waals surface area contributed by atoms with Crippen molar-refractivity contribution in [3.63, 3.8) is 0 Å². The lowest BCUT2D eigenvalue weighted by Crippen LogP contribution is -2.13. The number of anilines is 1. The summed E-state index contributed by atoms with van der Waals surface area (Å²) in [7, 11) is 1.59. The lowest BCUT2D eigenvalue weighted by atomic mass is 10.1. The predicted molar refractivity (Wildman–Crippen MR) is 87.6 cm³/mol. The van der Waals surface area contributed by atoms with Gasteiger partial charge in [-0.1, -0.05) is 22.0 Å². The molecule has 6 heteroatoms. The van der Waals surface area contributed by atoms with E-state index in [0.717, 1.165) is 10.9 Å². The number of fused-ring (bicyclic) bond motifs is 1. The summed E-state index contributed by atoms with van der Waals surface area (Å²) in [6.07, 6.45) is 1.62. The SMILES string of the molecule is COc1ccc2c(CBr)c(C(=O)Nc3ccccn3)oc2c1. The average Bonchev–Trinajstić information content (AvgIpc) is 2.93. The maximum Gasteiger partial charge on any atom is 0.292 e. The second kappa shape index (κ2) is 6.19. The van der Waals surface area contributed by atoms with Crippen molar-refractivity contribution in [2.24, 2.45) is 0 Å². The van der Waals surface area contributed by atoms with E-state index in [0.29, 0.717) is 22.5 Å². The number of nitrogens with zero attached hydrogens (tertiary/aromatic N) is 1. The Morgan fingerprint density at radius 3 is 2.91 bits per heavy atom. The number of furan rings is 1. The van der Waals surface area contributed by atoms with Crippen LogP contribution < -0.4 is 10.1 Å². The number of hydrogen-bond donors (Lipinski definition) is 1. The summed E-state index contributed by atoms with van der Waals surface area (Å²) in [4.78, 5) is 16.5. The third kappa shape index (κ3) is 2.69. The number of hydrogen-bond acceptors (Lipinski definition) is 4. The van der Waals surface area contributed by atoms with E-state index in [1.54, 1.807) is 37.6 Å². The molecule has 22 heavy (non-hydrogen) atoms. The summed E-state index contributed by atoms with van der Waals surface area (Å²) in [6, 6.07) is 10.8. The smallest absolute Gasteiger partial charge is 0.292 e. The second-order valence-corrected chi connectivity index (χ2v) is 5.14. The fourth-order valence-electron chi connectivity index (χ4n) is 2.18. The predicted octanol–water partition coefficient (Wildman–Crippen LogP) is 3.98. The standard InChI is InChI=1S/C16H13BrN2O3/c1-21-10-5-6-11-12(9-17)15(22-13(11)8-10)16(20)19-14-4-2-3-7-18-14/h2-8H,9H2,1H3,(H,18,19,20). The van der Waals surface area contributed by atoms with E-state index in [1.165, 1.54) is 0 Å². The molecule has 2 aromatic heterocycles. The topological polar surface area (TPSA) is 64.4 Å². The zero-order valence-electron chi connectivity index (χ0n) is 11.8. The summed E-state index contributed by atoms with van der Waals surface area (Å²) in [5, 5.41) is 4.12. The molecule has 2 heterocycles. The number of pyridine rings is 1. The first-order chi connectivity index (χ1) is 10.7. The number of amides is 1. The average molecular weight is 361 g/mol. The molecule has 0 spiro atoms. The van der Waals surface area contributed by atoms with Gasteiger partial charge in [-0.2, -0.15) is 0 Å². The largest absolute Gasteiger partial charge is 0.497 e. The Kier molecular flexibility index (Phi) is 4.11. The molecular weight excluding hydrogens is 348 g/mol. The van der Waals surface area contributed by atoms with Crippen LogP contribution in [-0.2, 0) is 5.33 Å². The van der Waals surface area contributed by atoms with Crippen molar-refractivity contribution in [2.45, 2.75) is 5.33 Å². The highest BCUT2D eigenvalue weighted by Gasteiger charge is 2.20. The Hall–Kier alpha value is -2.34. The minimum atomic E-state index is -0.330. The lowest BCUT2D eigenvalue weighted by molar-refractivity contribution is 0.0997. The molecule has 0 aliphatic heterocycles. The van der Waals surface area contributed by atoms with Crippen LogP contribution in [0.3, 0.4) is 0 Å². The molecule has 0 bridgehead atoms. The van der Waals surface area contributed by atoms with Crippen LogP contribution >= 0.6 is 15.9 Å². The van der Waals surface area contributed by atoms with Crippen LogP contribution in [-0.4, -0.2) is 18.0 Å². The molecule has 0 aliphatic carbocycles. The normalized spacial score (nSPS) is 10.6. The molecule has 0 aliphatic rings. The molecule has 0 saturated heterocycles. The van der Waals surface area contributed by atoms with Gasteiger partial charge < -0.3 is 14.5 Å². The van der Waals surface area contributed by atoms with Gasteiger partial charge in [-0.25, -0.2) is 4.98 Å². The number of ether oxygens (including phenoxy) is 1. The monoisotopic (exact) mass is 360 g/mol. The van der Waals surface area contributed by atoms with Crippen molar-refractivity contribution in [1.82, 2.24) is 4.98 Å².